The monoisotopic (exact) mass is 519 g/mol. The number of nitrogens with one attached hydrogen (secondary N) is 1. The van der Waals surface area contributed by atoms with Crippen molar-refractivity contribution in [3.63, 3.8) is 0 Å². The molecule has 2 N–H and O–H groups in total. The van der Waals surface area contributed by atoms with Crippen molar-refractivity contribution >= 4 is 24.3 Å². The Morgan fingerprint density at radius 2 is 1.69 bits per heavy atom. The summed E-state index contributed by atoms with van der Waals surface area (Å²) in [5, 5.41) is 12.0. The summed E-state index contributed by atoms with van der Waals surface area (Å²) >= 11 is -3.51. The summed E-state index contributed by atoms with van der Waals surface area (Å²) in [6, 6.07) is -0.297. The Morgan fingerprint density at radius 3 is 2.10 bits per heavy atom. The predicted molar refractivity (Wildman–Crippen MR) is 118 cm³/mol. The molecule has 1 amide bonds. The molecule has 1 aliphatic heterocycles. The van der Waals surface area contributed by atoms with Gasteiger partial charge in [0.2, 0.25) is 0 Å². The van der Waals surface area contributed by atoms with Gasteiger partial charge in [0, 0.05) is 0 Å². The van der Waals surface area contributed by atoms with Gasteiger partial charge in [-0.3, -0.25) is 0 Å². The van der Waals surface area contributed by atoms with E-state index in [9.17, 15) is 9.90 Å². The van der Waals surface area contributed by atoms with Crippen molar-refractivity contribution in [2.75, 3.05) is 6.61 Å². The first-order chi connectivity index (χ1) is 13.9. The standard InChI is InChI=1S/C11H12F2NO2.3C4H9.Sn/c12-9-2-1-6(3-10(9)13)8-4-7(5-15)14-11(8)16;3*1-3-4-2;/h1-3,7-8,10,15H,4-5H2,(H,14,16);3*1,3-4H2,2H3;/t7?,8-,10?;;;;/m1..../s1. The van der Waals surface area contributed by atoms with Crippen LogP contribution in [0.3, 0.4) is 0 Å². The Bertz CT molecular complexity index is 588. The Labute approximate surface area is 179 Å². The topological polar surface area (TPSA) is 49.3 Å². The van der Waals surface area contributed by atoms with Crippen LogP contribution in [0.4, 0.5) is 8.78 Å². The summed E-state index contributed by atoms with van der Waals surface area (Å²) in [6.45, 7) is 6.24. The number of carbonyl (C=O) groups excluding carboxylic acids is 1. The number of rotatable bonds is 12. The third-order valence-corrected chi connectivity index (χ3v) is 24.0. The van der Waals surface area contributed by atoms with Gasteiger partial charge >= 0.3 is 180 Å². The third kappa shape index (κ3) is 5.44. The number of amides is 1. The van der Waals surface area contributed by atoms with E-state index >= 15 is 8.78 Å². The average molecular weight is 518 g/mol. The molecule has 1 heterocycles. The van der Waals surface area contributed by atoms with E-state index in [0.29, 0.717) is 12.0 Å². The fourth-order valence-electron chi connectivity index (χ4n) is 5.01. The van der Waals surface area contributed by atoms with Crippen LogP contribution in [0.2, 0.25) is 13.3 Å². The molecule has 0 bridgehead atoms. The van der Waals surface area contributed by atoms with Gasteiger partial charge in [0.25, 0.3) is 0 Å². The second kappa shape index (κ2) is 11.3. The number of carbonyl (C=O) groups is 1. The van der Waals surface area contributed by atoms with Gasteiger partial charge in [-0.1, -0.05) is 0 Å². The van der Waals surface area contributed by atoms with Crippen LogP contribution >= 0.6 is 0 Å². The predicted octanol–water partition coefficient (Wildman–Crippen LogP) is 5.41. The van der Waals surface area contributed by atoms with Crippen molar-refractivity contribution in [2.24, 2.45) is 5.92 Å². The van der Waals surface area contributed by atoms with E-state index in [-0.39, 0.29) is 18.6 Å². The molecule has 0 aromatic heterocycles. The molecule has 166 valence electrons. The van der Waals surface area contributed by atoms with Gasteiger partial charge in [0.05, 0.1) is 0 Å². The number of hydrogen-bond donors (Lipinski definition) is 2. The molecule has 4 atom stereocenters. The van der Waals surface area contributed by atoms with Crippen molar-refractivity contribution in [2.45, 2.75) is 94.9 Å². The van der Waals surface area contributed by atoms with Crippen LogP contribution in [0.15, 0.2) is 23.8 Å². The normalized spacial score (nSPS) is 29.8. The van der Waals surface area contributed by atoms with Crippen molar-refractivity contribution in [1.82, 2.24) is 5.32 Å². The van der Waals surface area contributed by atoms with E-state index in [1.165, 1.54) is 12.2 Å². The van der Waals surface area contributed by atoms with Crippen LogP contribution in [-0.4, -0.2) is 51.9 Å². The van der Waals surface area contributed by atoms with Gasteiger partial charge in [-0.15, -0.1) is 0 Å². The average Bonchev–Trinajstić information content (AvgIpc) is 3.10. The first-order valence-electron chi connectivity index (χ1n) is 11.5. The summed E-state index contributed by atoms with van der Waals surface area (Å²) < 4.78 is 33.0. The molecule has 1 saturated heterocycles. The SMILES string of the molecule is CCC[CH2][Sn]([CH2]CCC)([CH2]CCC)[C]1(F)C=CC([C@H]2CC(CO)NC2=O)=CC1F. The molecular weight excluding hydrogens is 479 g/mol. The van der Waals surface area contributed by atoms with E-state index in [4.69, 9.17) is 0 Å². The summed E-state index contributed by atoms with van der Waals surface area (Å²) in [4.78, 5) is 12.2. The molecule has 29 heavy (non-hydrogen) atoms. The summed E-state index contributed by atoms with van der Waals surface area (Å²) in [5.74, 6) is -0.686. The Kier molecular flexibility index (Phi) is 9.64. The Balaban J connectivity index is 2.32. The zero-order chi connectivity index (χ0) is 21.5. The molecule has 3 nitrogen and oxygen atoms in total. The molecule has 0 aromatic rings. The van der Waals surface area contributed by atoms with Crippen LogP contribution < -0.4 is 5.32 Å². The molecule has 2 aliphatic rings. The molecule has 0 saturated carbocycles. The summed E-state index contributed by atoms with van der Waals surface area (Å²) in [5.41, 5.74) is 0.570. The maximum atomic E-state index is 16.6. The fourth-order valence-corrected chi connectivity index (χ4v) is 22.4. The second-order valence-electron chi connectivity index (χ2n) is 8.94. The second-order valence-corrected chi connectivity index (χ2v) is 22.7. The number of unbranched alkanes of at least 4 members (excludes halogenated alkanes) is 3. The van der Waals surface area contributed by atoms with Crippen LogP contribution in [-0.2, 0) is 4.79 Å². The number of aliphatic hydroxyl groups excluding tert-OH is 1. The third-order valence-electron chi connectivity index (χ3n) is 6.90. The number of halogens is 2. The van der Waals surface area contributed by atoms with Gasteiger partial charge in [0.1, 0.15) is 0 Å². The van der Waals surface area contributed by atoms with Gasteiger partial charge in [0.15, 0.2) is 0 Å². The molecular formula is C23H39F2NO2Sn. The fraction of sp³-hybridized carbons (Fsp3) is 0.783. The van der Waals surface area contributed by atoms with Gasteiger partial charge in [-0.05, 0) is 0 Å². The van der Waals surface area contributed by atoms with Crippen molar-refractivity contribution in [1.29, 1.82) is 0 Å². The van der Waals surface area contributed by atoms with Crippen LogP contribution in [0.5, 0.6) is 0 Å². The Morgan fingerprint density at radius 1 is 1.14 bits per heavy atom. The quantitative estimate of drug-likeness (QED) is 0.340. The van der Waals surface area contributed by atoms with Crippen molar-refractivity contribution < 1.29 is 18.7 Å². The number of allylic oxidation sites excluding steroid dienone is 3. The molecule has 1 fully saturated rings. The van der Waals surface area contributed by atoms with Crippen molar-refractivity contribution in [3.8, 4) is 0 Å². The number of aliphatic hydroxyl groups is 1. The zero-order valence-corrected chi connectivity index (χ0v) is 21.2. The first kappa shape index (κ1) is 24.8. The molecule has 0 spiro atoms. The van der Waals surface area contributed by atoms with E-state index < -0.39 is 34.2 Å². The minimum absolute atomic E-state index is 0.129. The maximum absolute atomic E-state index is 16.6. The molecule has 0 aromatic carbocycles. The van der Waals surface area contributed by atoms with Gasteiger partial charge in [-0.25, -0.2) is 0 Å². The molecule has 2 rings (SSSR count). The molecule has 0 radical (unpaired) electrons. The molecule has 3 unspecified atom stereocenters. The van der Waals surface area contributed by atoms with Crippen LogP contribution in [0, 0.1) is 5.92 Å². The van der Waals surface area contributed by atoms with E-state index in [2.05, 4.69) is 26.1 Å². The van der Waals surface area contributed by atoms with Crippen LogP contribution in [0.25, 0.3) is 0 Å². The summed E-state index contributed by atoms with van der Waals surface area (Å²) in [6.07, 6.45) is 9.36. The molecule has 1 aliphatic carbocycles. The number of alkyl halides is 2. The van der Waals surface area contributed by atoms with E-state index in [1.807, 2.05) is 0 Å². The number of hydrogen-bond acceptors (Lipinski definition) is 2. The molecule has 6 heteroatoms. The van der Waals surface area contributed by atoms with E-state index in [1.54, 1.807) is 6.08 Å². The minimum atomic E-state index is -3.51. The summed E-state index contributed by atoms with van der Waals surface area (Å²) in [7, 11) is 0. The van der Waals surface area contributed by atoms with Gasteiger partial charge in [-0.2, -0.15) is 0 Å². The van der Waals surface area contributed by atoms with Crippen LogP contribution in [0.1, 0.15) is 65.7 Å². The first-order valence-corrected chi connectivity index (χ1v) is 19.0. The van der Waals surface area contributed by atoms with E-state index in [0.717, 1.165) is 51.8 Å². The van der Waals surface area contributed by atoms with Gasteiger partial charge < -0.3 is 0 Å². The Hall–Kier alpha value is -0.431. The van der Waals surface area contributed by atoms with Crippen molar-refractivity contribution in [3.05, 3.63) is 23.8 Å². The zero-order valence-electron chi connectivity index (χ0n) is 18.4.